The quantitative estimate of drug-likeness (QED) is 0.576. The van der Waals surface area contributed by atoms with Gasteiger partial charge in [0.15, 0.2) is 0 Å². The molecular weight excluding hydrogens is 424 g/mol. The Labute approximate surface area is 200 Å². The number of benzene rings is 3. The number of rotatable bonds is 4. The third-order valence-electron chi connectivity index (χ3n) is 7.62. The van der Waals surface area contributed by atoms with E-state index in [1.54, 1.807) is 0 Å². The molecule has 5 heteroatoms. The van der Waals surface area contributed by atoms with Gasteiger partial charge < -0.3 is 9.47 Å². The predicted molar refractivity (Wildman–Crippen MR) is 132 cm³/mol. The third-order valence-corrected chi connectivity index (χ3v) is 7.62. The van der Waals surface area contributed by atoms with Crippen LogP contribution >= 0.6 is 0 Å². The molecule has 3 aromatic rings. The largest absolute Gasteiger partial charge is 0.337 e. The molecule has 0 saturated carbocycles. The van der Waals surface area contributed by atoms with Gasteiger partial charge in [-0.1, -0.05) is 85.8 Å². The monoisotopic (exact) mass is 454 g/mol. The number of carbonyl (C=O) groups is 1. The van der Waals surface area contributed by atoms with Gasteiger partial charge in [0.25, 0.3) is 11.7 Å². The second-order valence-electron chi connectivity index (χ2n) is 9.99. The molecule has 2 fully saturated rings. The predicted octanol–water partition coefficient (Wildman–Crippen LogP) is 4.64. The molecule has 1 unspecified atom stereocenters. The maximum atomic E-state index is 13.9. The summed E-state index contributed by atoms with van der Waals surface area (Å²) in [5.41, 5.74) is 3.93. The molecule has 3 aromatic carbocycles. The second kappa shape index (κ2) is 8.35. The molecule has 0 aromatic heterocycles. The number of ether oxygens (including phenoxy) is 2. The average Bonchev–Trinajstić information content (AvgIpc) is 3.45. The van der Waals surface area contributed by atoms with Gasteiger partial charge >= 0.3 is 0 Å². The van der Waals surface area contributed by atoms with Crippen LogP contribution in [-0.2, 0) is 25.5 Å². The van der Waals surface area contributed by atoms with E-state index >= 15 is 0 Å². The van der Waals surface area contributed by atoms with Crippen LogP contribution in [0.25, 0.3) is 0 Å². The molecule has 0 N–H and O–H groups in total. The highest BCUT2D eigenvalue weighted by molar-refractivity contribution is 6.06. The molecule has 0 aliphatic carbocycles. The minimum Gasteiger partial charge on any atom is -0.337 e. The van der Waals surface area contributed by atoms with Crippen molar-refractivity contribution in [2.75, 3.05) is 37.9 Å². The number of hydrogen-bond donors (Lipinski definition) is 0. The van der Waals surface area contributed by atoms with Gasteiger partial charge in [-0.05, 0) is 29.5 Å². The Morgan fingerprint density at radius 2 is 1.53 bits per heavy atom. The Hall–Kier alpha value is -2.99. The SMILES string of the molecule is CC1(c2ccccc2)COC2(OC1)C(=O)N(CN1CCC(c3ccccc3)C1)c1ccccc12. The third kappa shape index (κ3) is 3.47. The Balaban J connectivity index is 1.23. The van der Waals surface area contributed by atoms with Gasteiger partial charge in [0.1, 0.15) is 0 Å². The summed E-state index contributed by atoms with van der Waals surface area (Å²) >= 11 is 0. The first-order valence-corrected chi connectivity index (χ1v) is 12.1. The van der Waals surface area contributed by atoms with Crippen molar-refractivity contribution in [1.82, 2.24) is 4.90 Å². The van der Waals surface area contributed by atoms with E-state index in [2.05, 4.69) is 54.3 Å². The molecule has 174 valence electrons. The average molecular weight is 455 g/mol. The van der Waals surface area contributed by atoms with E-state index in [9.17, 15) is 4.79 Å². The zero-order valence-corrected chi connectivity index (χ0v) is 19.5. The summed E-state index contributed by atoms with van der Waals surface area (Å²) in [6.45, 7) is 5.42. The lowest BCUT2D eigenvalue weighted by molar-refractivity contribution is -0.276. The summed E-state index contributed by atoms with van der Waals surface area (Å²) in [6.07, 6.45) is 1.10. The van der Waals surface area contributed by atoms with Crippen molar-refractivity contribution in [3.63, 3.8) is 0 Å². The van der Waals surface area contributed by atoms with Crippen molar-refractivity contribution in [2.24, 2.45) is 0 Å². The van der Waals surface area contributed by atoms with Crippen molar-refractivity contribution < 1.29 is 14.3 Å². The van der Waals surface area contributed by atoms with Crippen molar-refractivity contribution in [1.29, 1.82) is 0 Å². The maximum absolute atomic E-state index is 13.9. The van der Waals surface area contributed by atoms with Crippen LogP contribution in [0, 0.1) is 0 Å². The molecule has 1 atom stereocenters. The summed E-state index contributed by atoms with van der Waals surface area (Å²) < 4.78 is 12.8. The maximum Gasteiger partial charge on any atom is 0.293 e. The van der Waals surface area contributed by atoms with Crippen molar-refractivity contribution in [2.45, 2.75) is 30.5 Å². The number of para-hydroxylation sites is 1. The summed E-state index contributed by atoms with van der Waals surface area (Å²) in [7, 11) is 0. The highest BCUT2D eigenvalue weighted by Gasteiger charge is 2.57. The molecule has 0 bridgehead atoms. The van der Waals surface area contributed by atoms with E-state index in [0.29, 0.717) is 25.8 Å². The van der Waals surface area contributed by atoms with Gasteiger partial charge in [-0.25, -0.2) is 0 Å². The fraction of sp³-hybridized carbons (Fsp3) is 0.345. The van der Waals surface area contributed by atoms with E-state index in [-0.39, 0.29) is 11.3 Å². The normalized spacial score (nSPS) is 29.0. The molecular formula is C29H30N2O3. The summed E-state index contributed by atoms with van der Waals surface area (Å²) in [5.74, 6) is -0.979. The molecule has 1 spiro atoms. The number of anilines is 1. The van der Waals surface area contributed by atoms with Crippen molar-refractivity contribution in [3.05, 3.63) is 102 Å². The number of amides is 1. The van der Waals surface area contributed by atoms with Gasteiger partial charge in [-0.3, -0.25) is 14.6 Å². The molecule has 6 rings (SSSR count). The number of carbonyl (C=O) groups excluding carboxylic acids is 1. The Bertz CT molecular complexity index is 1170. The second-order valence-corrected chi connectivity index (χ2v) is 9.99. The zero-order valence-electron chi connectivity index (χ0n) is 19.5. The molecule has 3 aliphatic rings. The number of likely N-dealkylation sites (tertiary alicyclic amines) is 1. The zero-order chi connectivity index (χ0) is 23.2. The van der Waals surface area contributed by atoms with E-state index in [1.807, 2.05) is 47.4 Å². The lowest BCUT2D eigenvalue weighted by Crippen LogP contribution is -2.54. The first-order chi connectivity index (χ1) is 16.6. The smallest absolute Gasteiger partial charge is 0.293 e. The highest BCUT2D eigenvalue weighted by atomic mass is 16.7. The molecule has 34 heavy (non-hydrogen) atoms. The van der Waals surface area contributed by atoms with Crippen LogP contribution in [0.5, 0.6) is 0 Å². The molecule has 3 heterocycles. The Morgan fingerprint density at radius 3 is 2.26 bits per heavy atom. The van der Waals surface area contributed by atoms with E-state index < -0.39 is 5.79 Å². The fourth-order valence-electron chi connectivity index (χ4n) is 5.58. The molecule has 2 saturated heterocycles. The minimum atomic E-state index is -1.36. The Morgan fingerprint density at radius 1 is 0.882 bits per heavy atom. The summed E-state index contributed by atoms with van der Waals surface area (Å²) in [4.78, 5) is 18.1. The molecule has 3 aliphatic heterocycles. The summed E-state index contributed by atoms with van der Waals surface area (Å²) in [6, 6.07) is 28.8. The first-order valence-electron chi connectivity index (χ1n) is 12.1. The lowest BCUT2D eigenvalue weighted by atomic mass is 9.83. The van der Waals surface area contributed by atoms with Gasteiger partial charge in [0, 0.05) is 24.1 Å². The number of fused-ring (bicyclic) bond motifs is 2. The van der Waals surface area contributed by atoms with Gasteiger partial charge in [-0.2, -0.15) is 0 Å². The van der Waals surface area contributed by atoms with Gasteiger partial charge in [-0.15, -0.1) is 0 Å². The van der Waals surface area contributed by atoms with Crippen molar-refractivity contribution in [3.8, 4) is 0 Å². The fourth-order valence-corrected chi connectivity index (χ4v) is 5.58. The van der Waals surface area contributed by atoms with E-state index in [1.165, 1.54) is 5.56 Å². The van der Waals surface area contributed by atoms with E-state index in [4.69, 9.17) is 9.47 Å². The Kier molecular flexibility index (Phi) is 5.29. The standard InChI is InChI=1S/C29H30N2O3/c1-28(24-12-6-3-7-13-24)19-33-29(34-20-28)25-14-8-9-15-26(25)31(27(29)32)21-30-17-16-23(18-30)22-10-4-2-5-11-22/h2-15,23H,16-21H2,1H3. The van der Waals surface area contributed by atoms with Crippen LogP contribution in [0.1, 0.15) is 36.0 Å². The van der Waals surface area contributed by atoms with Crippen LogP contribution in [0.3, 0.4) is 0 Å². The lowest BCUT2D eigenvalue weighted by Gasteiger charge is -2.42. The van der Waals surface area contributed by atoms with Crippen LogP contribution in [-0.4, -0.2) is 43.8 Å². The summed E-state index contributed by atoms with van der Waals surface area (Å²) in [5, 5.41) is 0. The van der Waals surface area contributed by atoms with E-state index in [0.717, 1.165) is 36.3 Å². The van der Waals surface area contributed by atoms with Gasteiger partial charge in [0.2, 0.25) is 0 Å². The van der Waals surface area contributed by atoms with Crippen LogP contribution in [0.2, 0.25) is 0 Å². The molecule has 1 amide bonds. The minimum absolute atomic E-state index is 0.119. The first kappa shape index (κ1) is 21.5. The highest BCUT2D eigenvalue weighted by Crippen LogP contribution is 2.48. The molecule has 0 radical (unpaired) electrons. The van der Waals surface area contributed by atoms with Crippen LogP contribution in [0.4, 0.5) is 5.69 Å². The van der Waals surface area contributed by atoms with Crippen LogP contribution < -0.4 is 4.90 Å². The topological polar surface area (TPSA) is 42.0 Å². The van der Waals surface area contributed by atoms with Gasteiger partial charge in [0.05, 0.1) is 25.6 Å². The number of nitrogens with zero attached hydrogens (tertiary/aromatic N) is 2. The number of hydrogen-bond acceptors (Lipinski definition) is 4. The molecule has 5 nitrogen and oxygen atoms in total. The van der Waals surface area contributed by atoms with Crippen LogP contribution in [0.15, 0.2) is 84.9 Å². The van der Waals surface area contributed by atoms with Crippen molar-refractivity contribution >= 4 is 11.6 Å².